The molecule has 1 N–H and O–H groups in total. The van der Waals surface area contributed by atoms with Crippen LogP contribution in [0.4, 0.5) is 24.5 Å². The van der Waals surface area contributed by atoms with E-state index in [1.165, 1.54) is 31.3 Å². The number of hydrogen-bond acceptors (Lipinski definition) is 3. The average Bonchev–Trinajstić information content (AvgIpc) is 2.66. The van der Waals surface area contributed by atoms with Crippen LogP contribution in [-0.4, -0.2) is 27.6 Å². The summed E-state index contributed by atoms with van der Waals surface area (Å²) < 4.78 is 66.6. The summed E-state index contributed by atoms with van der Waals surface area (Å²) in [4.78, 5) is 12.6. The second-order valence-corrected chi connectivity index (χ2v) is 9.04. The number of anilines is 2. The minimum Gasteiger partial charge on any atom is -0.320 e. The summed E-state index contributed by atoms with van der Waals surface area (Å²) in [5, 5.41) is 2.45. The van der Waals surface area contributed by atoms with Gasteiger partial charge in [0.05, 0.1) is 23.2 Å². The molecule has 1 amide bonds. The van der Waals surface area contributed by atoms with Crippen molar-refractivity contribution in [2.75, 3.05) is 22.9 Å². The molecule has 0 saturated heterocycles. The van der Waals surface area contributed by atoms with Gasteiger partial charge in [0.2, 0.25) is 10.0 Å². The van der Waals surface area contributed by atoms with Crippen LogP contribution in [0.1, 0.15) is 15.9 Å². The Kier molecular flexibility index (Phi) is 6.08. The number of carbonyl (C=O) groups excluding carboxylic acids is 1. The molecule has 0 aromatic heterocycles. The molecule has 9 heteroatoms. The first-order chi connectivity index (χ1) is 14.5. The maximum atomic E-state index is 14.5. The first-order valence-corrected chi connectivity index (χ1v) is 10.9. The molecule has 0 heterocycles. The minimum absolute atomic E-state index is 0.0131. The number of benzene rings is 3. The number of aryl methyl sites for hydroxylation is 1. The Morgan fingerprint density at radius 3 is 2.26 bits per heavy atom. The summed E-state index contributed by atoms with van der Waals surface area (Å²) in [5.41, 5.74) is 1.01. The Morgan fingerprint density at radius 1 is 0.935 bits per heavy atom. The van der Waals surface area contributed by atoms with Gasteiger partial charge in [-0.25, -0.2) is 21.6 Å². The second-order valence-electron chi connectivity index (χ2n) is 7.02. The highest BCUT2D eigenvalue weighted by atomic mass is 32.2. The molecule has 0 fully saturated rings. The second kappa shape index (κ2) is 8.43. The predicted octanol–water partition coefficient (Wildman–Crippen LogP) is 4.73. The topological polar surface area (TPSA) is 66.5 Å². The normalized spacial score (nSPS) is 11.3. The summed E-state index contributed by atoms with van der Waals surface area (Å²) >= 11 is 0. The first-order valence-electron chi connectivity index (χ1n) is 9.08. The molecule has 5 nitrogen and oxygen atoms in total. The van der Waals surface area contributed by atoms with E-state index in [4.69, 9.17) is 0 Å². The zero-order valence-corrected chi connectivity index (χ0v) is 17.7. The lowest BCUT2D eigenvalue weighted by molar-refractivity contribution is 0.102. The van der Waals surface area contributed by atoms with Crippen LogP contribution in [0.5, 0.6) is 0 Å². The number of halogens is 3. The molecule has 0 unspecified atom stereocenters. The number of amides is 1. The lowest BCUT2D eigenvalue weighted by Crippen LogP contribution is -2.26. The van der Waals surface area contributed by atoms with Gasteiger partial charge >= 0.3 is 0 Å². The van der Waals surface area contributed by atoms with Gasteiger partial charge in [0.1, 0.15) is 17.5 Å². The largest absolute Gasteiger partial charge is 0.320 e. The molecular weight excluding hydrogens is 429 g/mol. The van der Waals surface area contributed by atoms with E-state index in [2.05, 4.69) is 5.32 Å². The van der Waals surface area contributed by atoms with Gasteiger partial charge in [0, 0.05) is 18.7 Å². The zero-order chi connectivity index (χ0) is 22.9. The molecule has 0 spiro atoms. The van der Waals surface area contributed by atoms with Gasteiger partial charge in [-0.2, -0.15) is 0 Å². The average molecular weight is 448 g/mol. The number of nitrogens with one attached hydrogen (secondary N) is 1. The standard InChI is InChI=1S/C22H19F3N2O3S/c1-13-4-7-16(18(24)10-13)14-5-9-21(27(2)31(3,29)30)20(11-14)26-22(28)17-8-6-15(23)12-19(17)25/h4-12H,1-3H3,(H,26,28). The molecule has 0 radical (unpaired) electrons. The molecule has 3 aromatic rings. The van der Waals surface area contributed by atoms with E-state index < -0.39 is 38.9 Å². The lowest BCUT2D eigenvalue weighted by atomic mass is 10.0. The highest BCUT2D eigenvalue weighted by molar-refractivity contribution is 7.92. The van der Waals surface area contributed by atoms with Gasteiger partial charge in [0.15, 0.2) is 0 Å². The molecular formula is C22H19F3N2O3S. The Labute approximate surface area is 178 Å². The van der Waals surface area contributed by atoms with Crippen LogP contribution in [0.25, 0.3) is 11.1 Å². The van der Waals surface area contributed by atoms with Crippen LogP contribution in [0.15, 0.2) is 54.6 Å². The Bertz CT molecular complexity index is 1280. The molecule has 0 bridgehead atoms. The van der Waals surface area contributed by atoms with Crippen molar-refractivity contribution in [1.82, 2.24) is 0 Å². The number of nitrogens with zero attached hydrogens (tertiary/aromatic N) is 1. The predicted molar refractivity (Wildman–Crippen MR) is 114 cm³/mol. The fourth-order valence-corrected chi connectivity index (χ4v) is 3.49. The van der Waals surface area contributed by atoms with Crippen molar-refractivity contribution in [2.45, 2.75) is 6.92 Å². The fourth-order valence-electron chi connectivity index (χ4n) is 2.97. The molecule has 0 aliphatic carbocycles. The Morgan fingerprint density at radius 2 is 1.65 bits per heavy atom. The van der Waals surface area contributed by atoms with Crippen LogP contribution >= 0.6 is 0 Å². The third kappa shape index (κ3) is 4.88. The quantitative estimate of drug-likeness (QED) is 0.614. The van der Waals surface area contributed by atoms with E-state index in [-0.39, 0.29) is 16.9 Å². The molecule has 3 aromatic carbocycles. The minimum atomic E-state index is -3.70. The molecule has 0 aliphatic rings. The molecule has 3 rings (SSSR count). The molecule has 0 atom stereocenters. The van der Waals surface area contributed by atoms with Gasteiger partial charge < -0.3 is 5.32 Å². The maximum Gasteiger partial charge on any atom is 0.258 e. The van der Waals surface area contributed by atoms with E-state index in [9.17, 15) is 26.4 Å². The van der Waals surface area contributed by atoms with Gasteiger partial charge in [-0.3, -0.25) is 9.10 Å². The highest BCUT2D eigenvalue weighted by Crippen LogP contribution is 2.34. The van der Waals surface area contributed by atoms with Crippen molar-refractivity contribution in [2.24, 2.45) is 0 Å². The summed E-state index contributed by atoms with van der Waals surface area (Å²) in [6.07, 6.45) is 0.978. The maximum absolute atomic E-state index is 14.5. The summed E-state index contributed by atoms with van der Waals surface area (Å²) in [7, 11) is -2.42. The summed E-state index contributed by atoms with van der Waals surface area (Å²) in [5.74, 6) is -3.33. The summed E-state index contributed by atoms with van der Waals surface area (Å²) in [6, 6.07) is 11.4. The number of rotatable bonds is 5. The Hall–Kier alpha value is -3.33. The van der Waals surface area contributed by atoms with Crippen LogP contribution in [0, 0.1) is 24.4 Å². The van der Waals surface area contributed by atoms with Crippen molar-refractivity contribution in [3.8, 4) is 11.1 Å². The van der Waals surface area contributed by atoms with Gasteiger partial charge in [0.25, 0.3) is 5.91 Å². The summed E-state index contributed by atoms with van der Waals surface area (Å²) in [6.45, 7) is 1.74. The van der Waals surface area contributed by atoms with Crippen LogP contribution in [0.3, 0.4) is 0 Å². The highest BCUT2D eigenvalue weighted by Gasteiger charge is 2.20. The van der Waals surface area contributed by atoms with E-state index >= 15 is 0 Å². The number of carbonyl (C=O) groups is 1. The first kappa shape index (κ1) is 22.4. The van der Waals surface area contributed by atoms with Gasteiger partial charge in [-0.05, 0) is 48.4 Å². The fraction of sp³-hybridized carbons (Fsp3) is 0.136. The molecule has 162 valence electrons. The van der Waals surface area contributed by atoms with Crippen molar-refractivity contribution in [3.63, 3.8) is 0 Å². The third-order valence-electron chi connectivity index (χ3n) is 4.69. The zero-order valence-electron chi connectivity index (χ0n) is 16.9. The van der Waals surface area contributed by atoms with Crippen LogP contribution in [-0.2, 0) is 10.0 Å². The Balaban J connectivity index is 2.10. The van der Waals surface area contributed by atoms with Crippen molar-refractivity contribution in [3.05, 3.63) is 83.2 Å². The monoisotopic (exact) mass is 448 g/mol. The van der Waals surface area contributed by atoms with Crippen LogP contribution in [0.2, 0.25) is 0 Å². The molecule has 31 heavy (non-hydrogen) atoms. The SMILES string of the molecule is Cc1ccc(-c2ccc(N(C)S(C)(=O)=O)c(NC(=O)c3ccc(F)cc3F)c2)c(F)c1. The van der Waals surface area contributed by atoms with Gasteiger partial charge in [-0.1, -0.05) is 18.2 Å². The van der Waals surface area contributed by atoms with E-state index in [1.54, 1.807) is 19.1 Å². The molecule has 0 aliphatic heterocycles. The van der Waals surface area contributed by atoms with E-state index in [0.29, 0.717) is 11.6 Å². The van der Waals surface area contributed by atoms with E-state index in [0.717, 1.165) is 28.3 Å². The van der Waals surface area contributed by atoms with Crippen molar-refractivity contribution >= 4 is 27.3 Å². The van der Waals surface area contributed by atoms with E-state index in [1.807, 2.05) is 0 Å². The lowest BCUT2D eigenvalue weighted by Gasteiger charge is -2.21. The number of hydrogen-bond donors (Lipinski definition) is 1. The molecule has 0 saturated carbocycles. The van der Waals surface area contributed by atoms with Gasteiger partial charge in [-0.15, -0.1) is 0 Å². The third-order valence-corrected chi connectivity index (χ3v) is 5.88. The number of sulfonamides is 1. The van der Waals surface area contributed by atoms with Crippen LogP contribution < -0.4 is 9.62 Å². The smallest absolute Gasteiger partial charge is 0.258 e. The van der Waals surface area contributed by atoms with Crippen molar-refractivity contribution < 1.29 is 26.4 Å². The van der Waals surface area contributed by atoms with Crippen molar-refractivity contribution in [1.29, 1.82) is 0 Å².